The van der Waals surface area contributed by atoms with E-state index < -0.39 is 0 Å². The van der Waals surface area contributed by atoms with Crippen LogP contribution in [0.4, 0.5) is 22.7 Å². The first-order chi connectivity index (χ1) is 27.9. The molecule has 5 aromatic carbocycles. The molecule has 0 amide bonds. The van der Waals surface area contributed by atoms with Gasteiger partial charge in [-0.2, -0.15) is 12.1 Å². The van der Waals surface area contributed by atoms with Crippen LogP contribution in [0.15, 0.2) is 141 Å². The summed E-state index contributed by atoms with van der Waals surface area (Å²) in [4.78, 5) is 34.8. The van der Waals surface area contributed by atoms with Gasteiger partial charge in [-0.15, -0.1) is 48.1 Å². The Labute approximate surface area is 349 Å². The van der Waals surface area contributed by atoms with E-state index in [4.69, 9.17) is 9.72 Å². The molecule has 0 bridgehead atoms. The van der Waals surface area contributed by atoms with Gasteiger partial charge < -0.3 is 19.1 Å². The van der Waals surface area contributed by atoms with Crippen LogP contribution in [0.25, 0.3) is 50.4 Å². The summed E-state index contributed by atoms with van der Waals surface area (Å²) in [7, 11) is 0. The molecule has 1 aliphatic rings. The van der Waals surface area contributed by atoms with Gasteiger partial charge in [-0.3, -0.25) is 0 Å². The third kappa shape index (κ3) is 6.63. The number of rotatable bonds is 7. The standard InChI is InChI=1S/C46H33N10O.Pt/c1-46(2,3)31-19-20-49-43(22-31)56-38-12-5-4-11-35(38)36-18-16-34(24-42(36)56)57-33-10-8-9-32(23-33)54-29-55(40-14-7-6-13-39(40)54)41-21-30(44-50-25-47-26-51-44)15-17-37(41)45-52-27-48-28-53-45;/h4-22,25-29H,1-3H3;/q-3;. The Morgan fingerprint density at radius 1 is 0.603 bits per heavy atom. The molecule has 0 saturated heterocycles. The maximum Gasteiger partial charge on any atom is 0.164 e. The summed E-state index contributed by atoms with van der Waals surface area (Å²) >= 11 is 0. The third-order valence-corrected chi connectivity index (χ3v) is 10.0. The molecular weight excluding hydrogens is 904 g/mol. The van der Waals surface area contributed by atoms with Gasteiger partial charge in [-0.1, -0.05) is 62.7 Å². The van der Waals surface area contributed by atoms with Crippen LogP contribution in [0.5, 0.6) is 11.5 Å². The average molecular weight is 937 g/mol. The van der Waals surface area contributed by atoms with Crippen molar-refractivity contribution in [2.75, 3.05) is 9.80 Å². The largest absolute Gasteiger partial charge is 0.509 e. The first-order valence-electron chi connectivity index (χ1n) is 18.4. The van der Waals surface area contributed by atoms with Gasteiger partial charge in [0.15, 0.2) is 11.6 Å². The molecule has 9 aromatic rings. The Morgan fingerprint density at radius 3 is 2.09 bits per heavy atom. The first-order valence-corrected chi connectivity index (χ1v) is 18.4. The minimum absolute atomic E-state index is 0. The van der Waals surface area contributed by atoms with Crippen molar-refractivity contribution in [2.24, 2.45) is 0 Å². The van der Waals surface area contributed by atoms with Gasteiger partial charge in [0.25, 0.3) is 0 Å². The van der Waals surface area contributed by atoms with Crippen LogP contribution in [-0.2, 0) is 26.5 Å². The van der Waals surface area contributed by atoms with Gasteiger partial charge in [0.1, 0.15) is 31.1 Å². The molecule has 5 heterocycles. The molecular formula is C46H33N10OPt-3. The molecule has 10 rings (SSSR count). The van der Waals surface area contributed by atoms with Crippen molar-refractivity contribution in [3.63, 3.8) is 0 Å². The Hall–Kier alpha value is -6.84. The number of aromatic nitrogens is 8. The van der Waals surface area contributed by atoms with Gasteiger partial charge in [0.05, 0.1) is 0 Å². The SMILES string of the molecule is CC(C)(C)c1ccnc(-n2c3[c-]c(Oc4[c-]c(N5[CH-]N(c6cc(-c7ncncn7)ccc6-c6ncncn6)c6ccccc65)ccc4)ccc3c3ccccc32)c1.[Pt]. The van der Waals surface area contributed by atoms with Crippen LogP contribution in [0, 0.1) is 18.8 Å². The number of benzene rings is 5. The molecule has 1 aliphatic heterocycles. The second-order valence-corrected chi connectivity index (χ2v) is 14.6. The molecule has 4 aromatic heterocycles. The van der Waals surface area contributed by atoms with E-state index in [0.717, 1.165) is 61.5 Å². The number of ether oxygens (including phenoxy) is 1. The molecule has 12 heteroatoms. The topological polar surface area (TPSA) is 111 Å². The van der Waals surface area contributed by atoms with Crippen LogP contribution in [-0.4, -0.2) is 39.5 Å². The maximum atomic E-state index is 6.55. The van der Waals surface area contributed by atoms with Crippen molar-refractivity contribution in [3.05, 3.63) is 165 Å². The number of hydrogen-bond donors (Lipinski definition) is 0. The zero-order valence-corrected chi connectivity index (χ0v) is 33.8. The van der Waals surface area contributed by atoms with Crippen molar-refractivity contribution >= 4 is 44.6 Å². The molecule has 0 saturated carbocycles. The monoisotopic (exact) mass is 936 g/mol. The molecule has 0 unspecified atom stereocenters. The van der Waals surface area contributed by atoms with Crippen molar-refractivity contribution in [2.45, 2.75) is 26.2 Å². The zero-order chi connectivity index (χ0) is 38.5. The second kappa shape index (κ2) is 14.9. The van der Waals surface area contributed by atoms with E-state index in [1.54, 1.807) is 0 Å². The van der Waals surface area contributed by atoms with E-state index >= 15 is 0 Å². The van der Waals surface area contributed by atoms with Gasteiger partial charge >= 0.3 is 0 Å². The number of para-hydroxylation sites is 3. The smallest absolute Gasteiger partial charge is 0.164 e. The minimum Gasteiger partial charge on any atom is -0.509 e. The summed E-state index contributed by atoms with van der Waals surface area (Å²) in [5, 5.41) is 2.19. The molecule has 58 heavy (non-hydrogen) atoms. The van der Waals surface area contributed by atoms with Gasteiger partial charge in [0.2, 0.25) is 0 Å². The van der Waals surface area contributed by atoms with E-state index in [-0.39, 0.29) is 26.5 Å². The van der Waals surface area contributed by atoms with E-state index in [2.05, 4.69) is 132 Å². The molecule has 0 spiro atoms. The van der Waals surface area contributed by atoms with Crippen LogP contribution in [0.1, 0.15) is 26.3 Å². The Morgan fingerprint density at radius 2 is 1.31 bits per heavy atom. The Kier molecular flexibility index (Phi) is 9.46. The Bertz CT molecular complexity index is 2930. The van der Waals surface area contributed by atoms with Crippen LogP contribution >= 0.6 is 0 Å². The van der Waals surface area contributed by atoms with Gasteiger partial charge in [-0.05, 0) is 58.8 Å². The van der Waals surface area contributed by atoms with Gasteiger partial charge in [0, 0.05) is 72.5 Å². The predicted molar refractivity (Wildman–Crippen MR) is 221 cm³/mol. The third-order valence-electron chi connectivity index (χ3n) is 10.0. The summed E-state index contributed by atoms with van der Waals surface area (Å²) < 4.78 is 8.72. The number of hydrogen-bond acceptors (Lipinski definition) is 10. The van der Waals surface area contributed by atoms with E-state index in [1.807, 2.05) is 67.5 Å². The molecule has 11 nitrogen and oxygen atoms in total. The quantitative estimate of drug-likeness (QED) is 0.143. The average Bonchev–Trinajstić information content (AvgIpc) is 3.80. The molecule has 0 N–H and O–H groups in total. The summed E-state index contributed by atoms with van der Waals surface area (Å²) in [5.41, 5.74) is 8.28. The van der Waals surface area contributed by atoms with E-state index in [9.17, 15) is 0 Å². The van der Waals surface area contributed by atoms with Crippen molar-refractivity contribution < 1.29 is 25.8 Å². The first kappa shape index (κ1) is 36.8. The Balaban J connectivity index is 0.00000436. The van der Waals surface area contributed by atoms with Crippen molar-refractivity contribution in [3.8, 4) is 40.1 Å². The zero-order valence-electron chi connectivity index (χ0n) is 31.6. The molecule has 0 atom stereocenters. The summed E-state index contributed by atoms with van der Waals surface area (Å²) in [6.07, 6.45) is 7.85. The van der Waals surface area contributed by atoms with Crippen LogP contribution in [0.3, 0.4) is 0 Å². The molecule has 0 fully saturated rings. The second-order valence-electron chi connectivity index (χ2n) is 14.6. The fourth-order valence-corrected chi connectivity index (χ4v) is 7.25. The van der Waals surface area contributed by atoms with E-state index in [0.29, 0.717) is 23.1 Å². The number of anilines is 4. The molecule has 0 aliphatic carbocycles. The fourth-order valence-electron chi connectivity index (χ4n) is 7.25. The molecule has 0 radical (unpaired) electrons. The predicted octanol–water partition coefficient (Wildman–Crippen LogP) is 9.98. The number of fused-ring (bicyclic) bond motifs is 4. The fraction of sp³-hybridized carbons (Fsp3) is 0.0870. The van der Waals surface area contributed by atoms with Crippen LogP contribution < -0.4 is 14.5 Å². The van der Waals surface area contributed by atoms with Crippen LogP contribution in [0.2, 0.25) is 0 Å². The van der Waals surface area contributed by atoms with Gasteiger partial charge in [-0.25, -0.2) is 34.9 Å². The maximum absolute atomic E-state index is 6.55. The van der Waals surface area contributed by atoms with Crippen molar-refractivity contribution in [1.29, 1.82) is 0 Å². The van der Waals surface area contributed by atoms with Crippen molar-refractivity contribution in [1.82, 2.24) is 39.5 Å². The number of pyridine rings is 1. The summed E-state index contributed by atoms with van der Waals surface area (Å²) in [6, 6.07) is 43.8. The normalized spacial score (nSPS) is 12.5. The minimum atomic E-state index is -0.0327. The summed E-state index contributed by atoms with van der Waals surface area (Å²) in [6.45, 7) is 8.67. The number of nitrogens with zero attached hydrogens (tertiary/aromatic N) is 10. The summed E-state index contributed by atoms with van der Waals surface area (Å²) in [5.74, 6) is 3.04. The van der Waals surface area contributed by atoms with E-state index in [1.165, 1.54) is 30.9 Å². The molecule has 286 valence electrons.